The molecule has 1 heterocycles. The van der Waals surface area contributed by atoms with E-state index in [0.717, 1.165) is 19.4 Å². The minimum atomic E-state index is 0.389. The SMILES string of the molecule is CC.Cc1cnn(C2CC(OCc3ccccc3)C2)c1. The van der Waals surface area contributed by atoms with Crippen LogP contribution in [-0.4, -0.2) is 15.9 Å². The van der Waals surface area contributed by atoms with Crippen LogP contribution in [0.1, 0.15) is 43.9 Å². The number of hydrogen-bond donors (Lipinski definition) is 0. The molecule has 0 radical (unpaired) electrons. The second-order valence-corrected chi connectivity index (χ2v) is 5.04. The molecule has 1 saturated carbocycles. The molecule has 2 aromatic rings. The maximum atomic E-state index is 5.88. The summed E-state index contributed by atoms with van der Waals surface area (Å²) in [4.78, 5) is 0. The summed E-state index contributed by atoms with van der Waals surface area (Å²) in [6.45, 7) is 6.79. The highest BCUT2D eigenvalue weighted by molar-refractivity contribution is 5.13. The standard InChI is InChI=1S/C15H18N2O.C2H6/c1-12-9-16-17(10-12)14-7-15(8-14)18-11-13-5-3-2-4-6-13;1-2/h2-6,9-10,14-15H,7-8,11H2,1H3;1-2H3. The molecule has 3 nitrogen and oxygen atoms in total. The first-order valence-corrected chi connectivity index (χ1v) is 7.47. The third kappa shape index (κ3) is 3.70. The van der Waals surface area contributed by atoms with Crippen LogP contribution in [0.15, 0.2) is 42.7 Å². The van der Waals surface area contributed by atoms with Gasteiger partial charge in [-0.05, 0) is 30.9 Å². The third-order valence-electron chi connectivity index (χ3n) is 3.50. The van der Waals surface area contributed by atoms with Crippen LogP contribution in [0.25, 0.3) is 0 Å². The minimum Gasteiger partial charge on any atom is -0.373 e. The molecule has 3 heteroatoms. The molecule has 108 valence electrons. The van der Waals surface area contributed by atoms with E-state index in [2.05, 4.69) is 47.2 Å². The maximum Gasteiger partial charge on any atom is 0.0720 e. The molecule has 0 amide bonds. The second-order valence-electron chi connectivity index (χ2n) is 5.04. The van der Waals surface area contributed by atoms with Gasteiger partial charge in [-0.1, -0.05) is 44.2 Å². The number of rotatable bonds is 4. The van der Waals surface area contributed by atoms with E-state index in [1.54, 1.807) is 0 Å². The zero-order valence-corrected chi connectivity index (χ0v) is 12.6. The summed E-state index contributed by atoms with van der Waals surface area (Å²) in [5.41, 5.74) is 2.47. The highest BCUT2D eigenvalue weighted by Gasteiger charge is 2.31. The first-order valence-electron chi connectivity index (χ1n) is 7.47. The summed E-state index contributed by atoms with van der Waals surface area (Å²) < 4.78 is 7.95. The Kier molecular flexibility index (Phi) is 5.36. The van der Waals surface area contributed by atoms with Gasteiger partial charge in [-0.2, -0.15) is 5.10 Å². The molecule has 0 atom stereocenters. The van der Waals surface area contributed by atoms with Crippen molar-refractivity contribution >= 4 is 0 Å². The first-order chi connectivity index (χ1) is 9.81. The lowest BCUT2D eigenvalue weighted by Crippen LogP contribution is -2.33. The van der Waals surface area contributed by atoms with E-state index in [1.165, 1.54) is 11.1 Å². The van der Waals surface area contributed by atoms with Crippen molar-refractivity contribution in [3.8, 4) is 0 Å². The van der Waals surface area contributed by atoms with Gasteiger partial charge in [-0.25, -0.2) is 0 Å². The first kappa shape index (κ1) is 14.8. The van der Waals surface area contributed by atoms with Gasteiger partial charge in [0.05, 0.1) is 24.9 Å². The molecular formula is C17H24N2O. The number of nitrogens with zero attached hydrogens (tertiary/aromatic N) is 2. The van der Waals surface area contributed by atoms with Crippen molar-refractivity contribution in [2.24, 2.45) is 0 Å². The molecule has 0 aliphatic heterocycles. The van der Waals surface area contributed by atoms with Crippen molar-refractivity contribution in [3.05, 3.63) is 53.9 Å². The summed E-state index contributed by atoms with van der Waals surface area (Å²) in [5, 5.41) is 4.35. The summed E-state index contributed by atoms with van der Waals surface area (Å²) in [6, 6.07) is 10.9. The predicted octanol–water partition coefficient (Wildman–Crippen LogP) is 4.14. The average Bonchev–Trinajstić information content (AvgIpc) is 2.87. The van der Waals surface area contributed by atoms with Gasteiger partial charge in [0.2, 0.25) is 0 Å². The average molecular weight is 272 g/mol. The quantitative estimate of drug-likeness (QED) is 0.836. The molecule has 0 bridgehead atoms. The number of aromatic nitrogens is 2. The molecule has 20 heavy (non-hydrogen) atoms. The predicted molar refractivity (Wildman–Crippen MR) is 81.6 cm³/mol. The van der Waals surface area contributed by atoms with Crippen LogP contribution in [0.4, 0.5) is 0 Å². The zero-order chi connectivity index (χ0) is 14.4. The van der Waals surface area contributed by atoms with Crippen molar-refractivity contribution < 1.29 is 4.74 Å². The van der Waals surface area contributed by atoms with Gasteiger partial charge < -0.3 is 4.74 Å². The van der Waals surface area contributed by atoms with Gasteiger partial charge in [0.1, 0.15) is 0 Å². The van der Waals surface area contributed by atoms with Crippen LogP contribution < -0.4 is 0 Å². The Morgan fingerprint density at radius 1 is 1.20 bits per heavy atom. The lowest BCUT2D eigenvalue weighted by Gasteiger charge is -2.35. The van der Waals surface area contributed by atoms with E-state index >= 15 is 0 Å². The van der Waals surface area contributed by atoms with Crippen LogP contribution >= 0.6 is 0 Å². The molecule has 0 saturated heterocycles. The van der Waals surface area contributed by atoms with Gasteiger partial charge in [-0.15, -0.1) is 0 Å². The summed E-state index contributed by atoms with van der Waals surface area (Å²) in [5.74, 6) is 0. The van der Waals surface area contributed by atoms with E-state index in [4.69, 9.17) is 4.74 Å². The fraction of sp³-hybridized carbons (Fsp3) is 0.471. The fourth-order valence-corrected chi connectivity index (χ4v) is 2.31. The Morgan fingerprint density at radius 3 is 2.50 bits per heavy atom. The monoisotopic (exact) mass is 272 g/mol. The number of hydrogen-bond acceptors (Lipinski definition) is 2. The Hall–Kier alpha value is -1.61. The van der Waals surface area contributed by atoms with Crippen molar-refractivity contribution in [1.29, 1.82) is 0 Å². The Labute approximate surface area is 121 Å². The normalized spacial score (nSPS) is 20.8. The van der Waals surface area contributed by atoms with Crippen LogP contribution in [0.2, 0.25) is 0 Å². The smallest absolute Gasteiger partial charge is 0.0720 e. The molecule has 0 unspecified atom stereocenters. The molecule has 1 aliphatic rings. The number of benzene rings is 1. The van der Waals surface area contributed by atoms with Crippen molar-refractivity contribution in [3.63, 3.8) is 0 Å². The van der Waals surface area contributed by atoms with Crippen LogP contribution in [-0.2, 0) is 11.3 Å². The van der Waals surface area contributed by atoms with E-state index in [0.29, 0.717) is 12.1 Å². The van der Waals surface area contributed by atoms with Gasteiger partial charge in [-0.3, -0.25) is 4.68 Å². The van der Waals surface area contributed by atoms with Crippen molar-refractivity contribution in [1.82, 2.24) is 9.78 Å². The molecular weight excluding hydrogens is 248 g/mol. The van der Waals surface area contributed by atoms with Crippen molar-refractivity contribution in [2.45, 2.75) is 52.4 Å². The molecule has 3 rings (SSSR count). The third-order valence-corrected chi connectivity index (χ3v) is 3.50. The van der Waals surface area contributed by atoms with E-state index in [-0.39, 0.29) is 0 Å². The van der Waals surface area contributed by atoms with E-state index in [1.807, 2.05) is 26.1 Å². The molecule has 0 spiro atoms. The van der Waals surface area contributed by atoms with E-state index in [9.17, 15) is 0 Å². The highest BCUT2D eigenvalue weighted by Crippen LogP contribution is 2.34. The summed E-state index contributed by atoms with van der Waals surface area (Å²) in [7, 11) is 0. The Balaban J connectivity index is 0.000000704. The molecule has 1 fully saturated rings. The van der Waals surface area contributed by atoms with Crippen LogP contribution in [0.5, 0.6) is 0 Å². The largest absolute Gasteiger partial charge is 0.373 e. The molecule has 1 aromatic heterocycles. The molecule has 1 aliphatic carbocycles. The Morgan fingerprint density at radius 2 is 1.90 bits per heavy atom. The maximum absolute atomic E-state index is 5.88. The van der Waals surface area contributed by atoms with Crippen molar-refractivity contribution in [2.75, 3.05) is 0 Å². The topological polar surface area (TPSA) is 27.1 Å². The minimum absolute atomic E-state index is 0.389. The highest BCUT2D eigenvalue weighted by atomic mass is 16.5. The number of aryl methyl sites for hydroxylation is 1. The van der Waals surface area contributed by atoms with E-state index < -0.39 is 0 Å². The van der Waals surface area contributed by atoms with Crippen LogP contribution in [0, 0.1) is 6.92 Å². The summed E-state index contributed by atoms with van der Waals surface area (Å²) >= 11 is 0. The lowest BCUT2D eigenvalue weighted by molar-refractivity contribution is -0.0383. The fourth-order valence-electron chi connectivity index (χ4n) is 2.31. The van der Waals surface area contributed by atoms with Gasteiger partial charge in [0.25, 0.3) is 0 Å². The number of ether oxygens (including phenoxy) is 1. The zero-order valence-electron chi connectivity index (χ0n) is 12.6. The van der Waals surface area contributed by atoms with Gasteiger partial charge in [0.15, 0.2) is 0 Å². The van der Waals surface area contributed by atoms with Gasteiger partial charge in [0, 0.05) is 6.20 Å². The molecule has 0 N–H and O–H groups in total. The Bertz CT molecular complexity index is 501. The second kappa shape index (κ2) is 7.25. The van der Waals surface area contributed by atoms with Crippen LogP contribution in [0.3, 0.4) is 0 Å². The summed E-state index contributed by atoms with van der Waals surface area (Å²) in [6.07, 6.45) is 6.57. The lowest BCUT2D eigenvalue weighted by atomic mass is 9.89. The van der Waals surface area contributed by atoms with Gasteiger partial charge >= 0.3 is 0 Å². The molecule has 1 aromatic carbocycles.